The van der Waals surface area contributed by atoms with Gasteiger partial charge in [-0.15, -0.1) is 0 Å². The highest BCUT2D eigenvalue weighted by Gasteiger charge is 2.20. The number of aliphatic hydroxyl groups is 1. The molecule has 0 bridgehead atoms. The fraction of sp³-hybridized carbons (Fsp3) is 0.500. The van der Waals surface area contributed by atoms with E-state index >= 15 is 0 Å². The van der Waals surface area contributed by atoms with Gasteiger partial charge in [0, 0.05) is 6.54 Å². The van der Waals surface area contributed by atoms with Crippen LogP contribution in [0.4, 0.5) is 0 Å². The number of hydrogen-bond donors (Lipinski definition) is 2. The first-order valence-corrected chi connectivity index (χ1v) is 2.01. The maximum absolute atomic E-state index is 9.61. The van der Waals surface area contributed by atoms with E-state index in [2.05, 4.69) is 5.32 Å². The molecule has 0 amide bonds. The van der Waals surface area contributed by atoms with Crippen molar-refractivity contribution < 1.29 is 9.90 Å². The Hall–Kier alpha value is -0.790. The van der Waals surface area contributed by atoms with Gasteiger partial charge in [-0.2, -0.15) is 0 Å². The summed E-state index contributed by atoms with van der Waals surface area (Å²) in [6.45, 7) is 0.491. The molecular weight excluding hydrogens is 94.0 g/mol. The van der Waals surface area contributed by atoms with Crippen molar-refractivity contribution in [2.24, 2.45) is 0 Å². The third kappa shape index (κ3) is 0.515. The molecule has 0 aromatic rings. The summed E-state index contributed by atoms with van der Waals surface area (Å²) < 4.78 is 0. The second kappa shape index (κ2) is 1.37. The first-order valence-electron chi connectivity index (χ1n) is 2.01. The first kappa shape index (κ1) is 4.37. The van der Waals surface area contributed by atoms with Gasteiger partial charge in [0.1, 0.15) is 17.7 Å². The van der Waals surface area contributed by atoms with E-state index in [0.29, 0.717) is 6.54 Å². The minimum Gasteiger partial charge on any atom is -0.384 e. The lowest BCUT2D eigenvalue weighted by Crippen LogP contribution is -2.44. The van der Waals surface area contributed by atoms with Gasteiger partial charge in [0.25, 0.3) is 0 Å². The van der Waals surface area contributed by atoms with Gasteiger partial charge in [-0.1, -0.05) is 0 Å². The van der Waals surface area contributed by atoms with Crippen molar-refractivity contribution in [1.29, 1.82) is 0 Å². The van der Waals surface area contributed by atoms with Crippen LogP contribution in [0.25, 0.3) is 0 Å². The minimum atomic E-state index is -0.572. The molecule has 1 saturated heterocycles. The highest BCUT2D eigenvalue weighted by molar-refractivity contribution is 5.55. The Morgan fingerprint density at radius 1 is 2.00 bits per heavy atom. The van der Waals surface area contributed by atoms with Gasteiger partial charge in [0.15, 0.2) is 0 Å². The normalized spacial score (nSPS) is 27.6. The van der Waals surface area contributed by atoms with Crippen LogP contribution in [0.1, 0.15) is 0 Å². The van der Waals surface area contributed by atoms with Crippen LogP contribution < -0.4 is 5.32 Å². The van der Waals surface area contributed by atoms with E-state index in [0.717, 1.165) is 0 Å². The van der Waals surface area contributed by atoms with E-state index in [-0.39, 0.29) is 5.70 Å². The minimum absolute atomic E-state index is 0.278. The Morgan fingerprint density at radius 2 is 2.71 bits per heavy atom. The zero-order valence-corrected chi connectivity index (χ0v) is 3.64. The van der Waals surface area contributed by atoms with Crippen molar-refractivity contribution in [3.05, 3.63) is 5.70 Å². The highest BCUT2D eigenvalue weighted by Crippen LogP contribution is 2.01. The molecule has 3 heteroatoms. The standard InChI is InChI=1S/C4H5NO2/c6-2-3-4(7)1-5-3/h4-5,7H,1H2. The zero-order chi connectivity index (χ0) is 5.28. The molecule has 1 heterocycles. The summed E-state index contributed by atoms with van der Waals surface area (Å²) in [7, 11) is 0. The summed E-state index contributed by atoms with van der Waals surface area (Å²) in [6.07, 6.45) is -0.572. The van der Waals surface area contributed by atoms with E-state index in [4.69, 9.17) is 5.11 Å². The maximum atomic E-state index is 9.61. The Kier molecular flexibility index (Phi) is 0.855. The molecule has 1 fully saturated rings. The molecule has 0 spiro atoms. The largest absolute Gasteiger partial charge is 0.384 e. The molecule has 1 aliphatic heterocycles. The average Bonchev–Trinajstić information content (AvgIpc) is 1.65. The Labute approximate surface area is 40.6 Å². The molecule has 1 unspecified atom stereocenters. The van der Waals surface area contributed by atoms with Crippen LogP contribution in [0.3, 0.4) is 0 Å². The van der Waals surface area contributed by atoms with E-state index in [9.17, 15) is 4.79 Å². The van der Waals surface area contributed by atoms with Gasteiger partial charge >= 0.3 is 0 Å². The molecule has 2 N–H and O–H groups in total. The summed E-state index contributed by atoms with van der Waals surface area (Å²) in [6, 6.07) is 0. The number of aliphatic hydroxyl groups excluding tert-OH is 1. The lowest BCUT2D eigenvalue weighted by molar-refractivity contribution is 0.161. The number of nitrogens with one attached hydrogen (secondary N) is 1. The highest BCUT2D eigenvalue weighted by atomic mass is 16.3. The van der Waals surface area contributed by atoms with Gasteiger partial charge < -0.3 is 10.4 Å². The Balaban J connectivity index is 2.60. The Bertz CT molecular complexity index is 126. The molecule has 0 saturated carbocycles. The van der Waals surface area contributed by atoms with E-state index in [1.165, 1.54) is 0 Å². The quantitative estimate of drug-likeness (QED) is 0.370. The van der Waals surface area contributed by atoms with Crippen molar-refractivity contribution in [2.45, 2.75) is 6.10 Å². The second-order valence-corrected chi connectivity index (χ2v) is 1.41. The van der Waals surface area contributed by atoms with Crippen molar-refractivity contribution >= 4 is 5.94 Å². The fourth-order valence-corrected chi connectivity index (χ4v) is 0.400. The molecule has 0 aliphatic carbocycles. The predicted octanol–water partition coefficient (Wildman–Crippen LogP) is -1.33. The van der Waals surface area contributed by atoms with E-state index in [1.807, 2.05) is 0 Å². The van der Waals surface area contributed by atoms with Crippen molar-refractivity contribution in [3.63, 3.8) is 0 Å². The summed E-state index contributed by atoms with van der Waals surface area (Å²) in [5, 5.41) is 11.1. The van der Waals surface area contributed by atoms with Crippen molar-refractivity contribution in [2.75, 3.05) is 6.54 Å². The van der Waals surface area contributed by atoms with Crippen LogP contribution in [-0.4, -0.2) is 23.7 Å². The smallest absolute Gasteiger partial charge is 0.148 e. The number of hydrogen-bond acceptors (Lipinski definition) is 3. The van der Waals surface area contributed by atoms with Gasteiger partial charge in [-0.25, -0.2) is 4.79 Å². The van der Waals surface area contributed by atoms with E-state index in [1.54, 1.807) is 5.94 Å². The number of rotatable bonds is 0. The lowest BCUT2D eigenvalue weighted by Gasteiger charge is -2.22. The molecular formula is C4H5NO2. The molecule has 0 radical (unpaired) electrons. The van der Waals surface area contributed by atoms with Crippen LogP contribution >= 0.6 is 0 Å². The zero-order valence-electron chi connectivity index (χ0n) is 3.64. The summed E-state index contributed by atoms with van der Waals surface area (Å²) in [5.41, 5.74) is 0.278. The van der Waals surface area contributed by atoms with Crippen molar-refractivity contribution in [3.8, 4) is 0 Å². The van der Waals surface area contributed by atoms with Crippen LogP contribution in [-0.2, 0) is 4.79 Å². The van der Waals surface area contributed by atoms with Crippen LogP contribution in [0, 0.1) is 0 Å². The molecule has 0 aromatic heterocycles. The van der Waals surface area contributed by atoms with Gasteiger partial charge in [0.2, 0.25) is 0 Å². The van der Waals surface area contributed by atoms with Gasteiger partial charge in [-0.05, 0) is 0 Å². The molecule has 7 heavy (non-hydrogen) atoms. The molecule has 1 atom stereocenters. The maximum Gasteiger partial charge on any atom is 0.148 e. The van der Waals surface area contributed by atoms with Crippen LogP contribution in [0.2, 0.25) is 0 Å². The Morgan fingerprint density at radius 3 is 2.71 bits per heavy atom. The SMILES string of the molecule is O=C=C1NCC1O. The average molecular weight is 99.1 g/mol. The number of β-amino-alcohol motifs (C(OH)–C–C–N with tert-alkyl or cyclic N) is 1. The summed E-state index contributed by atoms with van der Waals surface area (Å²) >= 11 is 0. The molecule has 1 rings (SSSR count). The molecule has 0 aromatic carbocycles. The lowest BCUT2D eigenvalue weighted by atomic mass is 10.2. The molecule has 38 valence electrons. The second-order valence-electron chi connectivity index (χ2n) is 1.41. The third-order valence-electron chi connectivity index (χ3n) is 0.929. The van der Waals surface area contributed by atoms with E-state index < -0.39 is 6.10 Å². The van der Waals surface area contributed by atoms with Gasteiger partial charge in [-0.3, -0.25) is 0 Å². The topological polar surface area (TPSA) is 49.3 Å². The summed E-state index contributed by atoms with van der Waals surface area (Å²) in [4.78, 5) is 9.61. The number of carbonyl (C=O) groups excluding carboxylic acids is 1. The third-order valence-corrected chi connectivity index (χ3v) is 0.929. The van der Waals surface area contributed by atoms with Crippen LogP contribution in [0.15, 0.2) is 5.70 Å². The molecule has 1 aliphatic rings. The predicted molar refractivity (Wildman–Crippen MR) is 23.2 cm³/mol. The first-order chi connectivity index (χ1) is 3.34. The van der Waals surface area contributed by atoms with Crippen LogP contribution in [0.5, 0.6) is 0 Å². The van der Waals surface area contributed by atoms with Gasteiger partial charge in [0.05, 0.1) is 0 Å². The summed E-state index contributed by atoms with van der Waals surface area (Å²) in [5.74, 6) is 1.56. The monoisotopic (exact) mass is 99.0 g/mol. The fourth-order valence-electron chi connectivity index (χ4n) is 0.400. The molecule has 3 nitrogen and oxygen atoms in total. The van der Waals surface area contributed by atoms with Crippen molar-refractivity contribution in [1.82, 2.24) is 5.32 Å².